The molecule has 0 aromatic heterocycles. The highest BCUT2D eigenvalue weighted by molar-refractivity contribution is 7.78. The summed E-state index contributed by atoms with van der Waals surface area (Å²) in [7, 11) is 0. The Morgan fingerprint density at radius 3 is 2.85 bits per heavy atom. The summed E-state index contributed by atoms with van der Waals surface area (Å²) in [5.74, 6) is -0.0385. The molecule has 1 rings (SSSR count). The molecular formula is C8H8N2O2S. The van der Waals surface area contributed by atoms with Crippen LogP contribution >= 0.6 is 0 Å². The Bertz CT molecular complexity index is 384. The largest absolute Gasteiger partial charge is 0.399 e. The van der Waals surface area contributed by atoms with E-state index >= 15 is 0 Å². The maximum atomic E-state index is 10.5. The molecule has 0 aliphatic carbocycles. The topological polar surface area (TPSA) is 87.1 Å². The Kier molecular flexibility index (Phi) is 3.01. The fourth-order valence-corrected chi connectivity index (χ4v) is 1.47. The molecular weight excluding hydrogens is 188 g/mol. The van der Waals surface area contributed by atoms with E-state index < -0.39 is 11.1 Å². The molecule has 1 aromatic carbocycles. The molecule has 0 radical (unpaired) electrons. The van der Waals surface area contributed by atoms with Gasteiger partial charge in [0.2, 0.25) is 0 Å². The maximum absolute atomic E-state index is 10.5. The third-order valence-corrected chi connectivity index (χ3v) is 2.09. The van der Waals surface area contributed by atoms with Crippen LogP contribution in [-0.4, -0.2) is 8.76 Å². The Balaban J connectivity index is 3.08. The van der Waals surface area contributed by atoms with Gasteiger partial charge in [0.25, 0.3) is 0 Å². The molecule has 0 saturated carbocycles. The van der Waals surface area contributed by atoms with Crippen molar-refractivity contribution in [1.29, 1.82) is 5.26 Å². The lowest BCUT2D eigenvalue weighted by molar-refractivity contribution is 0.563. The molecule has 1 unspecified atom stereocenters. The van der Waals surface area contributed by atoms with Gasteiger partial charge < -0.3 is 10.3 Å². The summed E-state index contributed by atoms with van der Waals surface area (Å²) in [4.78, 5) is 0. The van der Waals surface area contributed by atoms with Crippen LogP contribution in [0.2, 0.25) is 0 Å². The van der Waals surface area contributed by atoms with Crippen LogP contribution in [0.5, 0.6) is 0 Å². The van der Waals surface area contributed by atoms with Gasteiger partial charge in [0.1, 0.15) is 0 Å². The predicted octanol–water partition coefficient (Wildman–Crippen LogP) is 0.862. The van der Waals surface area contributed by atoms with Gasteiger partial charge in [-0.3, -0.25) is 0 Å². The van der Waals surface area contributed by atoms with Crippen molar-refractivity contribution in [2.75, 3.05) is 5.73 Å². The average molecular weight is 196 g/mol. The van der Waals surface area contributed by atoms with Crippen LogP contribution in [0.1, 0.15) is 11.1 Å². The van der Waals surface area contributed by atoms with E-state index in [0.717, 1.165) is 0 Å². The standard InChI is InChI=1S/C8H8N2O2S/c9-4-7-3-8(10)2-1-6(7)5-13(11)12/h1-3H,5,10H2,(H,11,12). The zero-order valence-corrected chi connectivity index (χ0v) is 7.54. The summed E-state index contributed by atoms with van der Waals surface area (Å²) >= 11 is -1.93. The molecule has 1 atom stereocenters. The molecule has 68 valence electrons. The Labute approximate surface area is 78.3 Å². The van der Waals surface area contributed by atoms with E-state index in [9.17, 15) is 4.21 Å². The minimum Gasteiger partial charge on any atom is -0.399 e. The predicted molar refractivity (Wildman–Crippen MR) is 50.0 cm³/mol. The second-order valence-electron chi connectivity index (χ2n) is 2.49. The quantitative estimate of drug-likeness (QED) is 0.542. The number of benzene rings is 1. The lowest BCUT2D eigenvalue weighted by Gasteiger charge is -2.01. The number of hydrogen-bond donors (Lipinski definition) is 2. The van der Waals surface area contributed by atoms with Gasteiger partial charge in [0.15, 0.2) is 11.1 Å². The molecule has 4 nitrogen and oxygen atoms in total. The molecule has 1 aromatic rings. The van der Waals surface area contributed by atoms with Crippen LogP contribution in [0.4, 0.5) is 5.69 Å². The third-order valence-electron chi connectivity index (χ3n) is 1.53. The van der Waals surface area contributed by atoms with Gasteiger partial charge in [0, 0.05) is 5.69 Å². The molecule has 0 amide bonds. The highest BCUT2D eigenvalue weighted by atomic mass is 32.2. The van der Waals surface area contributed by atoms with E-state index in [-0.39, 0.29) is 5.75 Å². The molecule has 3 N–H and O–H groups in total. The highest BCUT2D eigenvalue weighted by Crippen LogP contribution is 2.13. The molecule has 0 spiro atoms. The normalized spacial score (nSPS) is 12.0. The molecule has 5 heteroatoms. The Morgan fingerprint density at radius 2 is 2.31 bits per heavy atom. The summed E-state index contributed by atoms with van der Waals surface area (Å²) in [6.45, 7) is 0. The zero-order chi connectivity index (χ0) is 9.84. The first-order valence-corrected chi connectivity index (χ1v) is 4.77. The molecule has 0 heterocycles. The number of anilines is 1. The molecule has 0 aliphatic heterocycles. The fourth-order valence-electron chi connectivity index (χ4n) is 0.957. The molecule has 0 fully saturated rings. The SMILES string of the molecule is N#Cc1cc(N)ccc1CS(=O)O. The Morgan fingerprint density at radius 1 is 1.62 bits per heavy atom. The minimum absolute atomic E-state index is 0.0385. The minimum atomic E-state index is -1.93. The summed E-state index contributed by atoms with van der Waals surface area (Å²) < 4.78 is 19.1. The van der Waals surface area contributed by atoms with Crippen molar-refractivity contribution >= 4 is 16.8 Å². The van der Waals surface area contributed by atoms with E-state index in [2.05, 4.69) is 0 Å². The molecule has 0 saturated heterocycles. The van der Waals surface area contributed by atoms with Crippen LogP contribution in [0, 0.1) is 11.3 Å². The van der Waals surface area contributed by atoms with Gasteiger partial charge in [0.05, 0.1) is 17.4 Å². The van der Waals surface area contributed by atoms with Gasteiger partial charge in [-0.1, -0.05) is 6.07 Å². The average Bonchev–Trinajstić information content (AvgIpc) is 2.07. The van der Waals surface area contributed by atoms with Crippen LogP contribution in [0.15, 0.2) is 18.2 Å². The van der Waals surface area contributed by atoms with Crippen LogP contribution in [0.3, 0.4) is 0 Å². The van der Waals surface area contributed by atoms with Crippen LogP contribution < -0.4 is 5.73 Å². The van der Waals surface area contributed by atoms with E-state index in [1.165, 1.54) is 6.07 Å². The summed E-state index contributed by atoms with van der Waals surface area (Å²) in [6, 6.07) is 6.59. The fraction of sp³-hybridized carbons (Fsp3) is 0.125. The molecule has 0 aliphatic rings. The number of nitrogen functional groups attached to an aromatic ring is 1. The van der Waals surface area contributed by atoms with E-state index in [1.807, 2.05) is 6.07 Å². The van der Waals surface area contributed by atoms with E-state index in [1.54, 1.807) is 12.1 Å². The first kappa shape index (κ1) is 9.71. The molecule has 0 bridgehead atoms. The number of hydrogen-bond acceptors (Lipinski definition) is 3. The third kappa shape index (κ3) is 2.54. The van der Waals surface area contributed by atoms with Gasteiger partial charge >= 0.3 is 0 Å². The van der Waals surface area contributed by atoms with Gasteiger partial charge in [-0.25, -0.2) is 4.21 Å². The van der Waals surface area contributed by atoms with Crippen molar-refractivity contribution in [3.8, 4) is 6.07 Å². The smallest absolute Gasteiger partial charge is 0.157 e. The first-order chi connectivity index (χ1) is 6.13. The lowest BCUT2D eigenvalue weighted by atomic mass is 10.1. The monoisotopic (exact) mass is 196 g/mol. The van der Waals surface area contributed by atoms with Gasteiger partial charge in [-0.15, -0.1) is 0 Å². The van der Waals surface area contributed by atoms with E-state index in [4.69, 9.17) is 15.5 Å². The Hall–Kier alpha value is -1.38. The maximum Gasteiger partial charge on any atom is 0.157 e. The van der Waals surface area contributed by atoms with Crippen molar-refractivity contribution in [2.24, 2.45) is 0 Å². The van der Waals surface area contributed by atoms with Crippen molar-refractivity contribution in [1.82, 2.24) is 0 Å². The van der Waals surface area contributed by atoms with Gasteiger partial charge in [-0.2, -0.15) is 5.26 Å². The van der Waals surface area contributed by atoms with E-state index in [0.29, 0.717) is 16.8 Å². The molecule has 13 heavy (non-hydrogen) atoms. The number of nitrogens with zero attached hydrogens (tertiary/aromatic N) is 1. The van der Waals surface area contributed by atoms with Crippen molar-refractivity contribution < 1.29 is 8.76 Å². The summed E-state index contributed by atoms with van der Waals surface area (Å²) in [5.41, 5.74) is 6.81. The second kappa shape index (κ2) is 4.03. The van der Waals surface area contributed by atoms with Crippen molar-refractivity contribution in [2.45, 2.75) is 5.75 Å². The number of nitriles is 1. The first-order valence-electron chi connectivity index (χ1n) is 3.49. The lowest BCUT2D eigenvalue weighted by Crippen LogP contribution is -1.97. The number of nitrogens with two attached hydrogens (primary N) is 1. The van der Waals surface area contributed by atoms with Crippen molar-refractivity contribution in [3.63, 3.8) is 0 Å². The van der Waals surface area contributed by atoms with Crippen LogP contribution in [0.25, 0.3) is 0 Å². The summed E-state index contributed by atoms with van der Waals surface area (Å²) in [6.07, 6.45) is 0. The van der Waals surface area contributed by atoms with Gasteiger partial charge in [-0.05, 0) is 17.7 Å². The highest BCUT2D eigenvalue weighted by Gasteiger charge is 2.04. The van der Waals surface area contributed by atoms with Crippen molar-refractivity contribution in [3.05, 3.63) is 29.3 Å². The number of rotatable bonds is 2. The zero-order valence-electron chi connectivity index (χ0n) is 6.73. The summed E-state index contributed by atoms with van der Waals surface area (Å²) in [5, 5.41) is 8.67. The second-order valence-corrected chi connectivity index (χ2v) is 3.43. The van der Waals surface area contributed by atoms with Crippen LogP contribution in [-0.2, 0) is 16.8 Å².